The van der Waals surface area contributed by atoms with E-state index in [0.717, 1.165) is 38.0 Å². The minimum Gasteiger partial charge on any atom is -0.394 e. The first-order chi connectivity index (χ1) is 9.54. The van der Waals surface area contributed by atoms with Crippen molar-refractivity contribution in [2.45, 2.75) is 44.6 Å². The second kappa shape index (κ2) is 6.80. The Bertz CT molecular complexity index is 377. The van der Waals surface area contributed by atoms with Gasteiger partial charge >= 0.3 is 0 Å². The first-order valence-corrected chi connectivity index (χ1v) is 8.37. The number of thioether (sulfide) groups is 1. The average Bonchev–Trinajstić information content (AvgIpc) is 2.82. The second-order valence-corrected chi connectivity index (χ2v) is 7.09. The van der Waals surface area contributed by atoms with Crippen LogP contribution in [0.15, 0.2) is 0 Å². The lowest BCUT2D eigenvalue weighted by Crippen LogP contribution is -2.54. The minimum absolute atomic E-state index is 0.00156. The minimum atomic E-state index is -0.446. The molecular formula is C14H24N2O3S. The van der Waals surface area contributed by atoms with E-state index in [-0.39, 0.29) is 17.8 Å². The van der Waals surface area contributed by atoms with E-state index in [1.54, 1.807) is 4.90 Å². The number of carbonyl (C=O) groups excluding carboxylic acids is 2. The summed E-state index contributed by atoms with van der Waals surface area (Å²) in [5.41, 5.74) is -0.446. The Kier molecular flexibility index (Phi) is 5.32. The topological polar surface area (TPSA) is 69.6 Å². The standard InChI is InChI=1S/C14H24N2O3S/c1-11-3-2-5-14(9-11,10-17)15-12(18)4-6-16-7-8-20-13(16)19/h11,17H,2-10H2,1H3,(H,15,18). The Balaban J connectivity index is 1.81. The lowest BCUT2D eigenvalue weighted by molar-refractivity contribution is -0.124. The first-order valence-electron chi connectivity index (χ1n) is 7.38. The van der Waals surface area contributed by atoms with Gasteiger partial charge in [-0.2, -0.15) is 0 Å². The molecule has 20 heavy (non-hydrogen) atoms. The molecule has 5 nitrogen and oxygen atoms in total. The zero-order valence-electron chi connectivity index (χ0n) is 12.1. The van der Waals surface area contributed by atoms with E-state index in [1.165, 1.54) is 11.8 Å². The molecule has 2 amide bonds. The maximum absolute atomic E-state index is 12.1. The molecule has 0 radical (unpaired) electrons. The highest BCUT2D eigenvalue weighted by atomic mass is 32.2. The van der Waals surface area contributed by atoms with Gasteiger partial charge in [0.25, 0.3) is 5.24 Å². The molecule has 0 spiro atoms. The number of nitrogens with one attached hydrogen (secondary N) is 1. The molecule has 1 aliphatic carbocycles. The molecule has 2 rings (SSSR count). The van der Waals surface area contributed by atoms with Gasteiger partial charge in [0.15, 0.2) is 0 Å². The number of aliphatic hydroxyl groups excluding tert-OH is 1. The molecule has 2 atom stereocenters. The average molecular weight is 300 g/mol. The third kappa shape index (κ3) is 3.88. The van der Waals surface area contributed by atoms with Crippen LogP contribution in [0.5, 0.6) is 0 Å². The summed E-state index contributed by atoms with van der Waals surface area (Å²) in [4.78, 5) is 25.3. The van der Waals surface area contributed by atoms with Gasteiger partial charge in [-0.15, -0.1) is 0 Å². The van der Waals surface area contributed by atoms with Gasteiger partial charge in [0.2, 0.25) is 5.91 Å². The van der Waals surface area contributed by atoms with Crippen LogP contribution < -0.4 is 5.32 Å². The SMILES string of the molecule is CC1CCCC(CO)(NC(=O)CCN2CCSC2=O)C1. The fourth-order valence-corrected chi connectivity index (χ4v) is 4.03. The highest BCUT2D eigenvalue weighted by Crippen LogP contribution is 2.32. The van der Waals surface area contributed by atoms with E-state index < -0.39 is 5.54 Å². The van der Waals surface area contributed by atoms with Crippen LogP contribution in [0.4, 0.5) is 4.79 Å². The Labute approximate surface area is 124 Å². The lowest BCUT2D eigenvalue weighted by atomic mass is 9.77. The van der Waals surface area contributed by atoms with Crippen LogP contribution in [-0.4, -0.2) is 52.1 Å². The Morgan fingerprint density at radius 3 is 3.00 bits per heavy atom. The van der Waals surface area contributed by atoms with Gasteiger partial charge in [-0.25, -0.2) is 0 Å². The number of carbonyl (C=O) groups is 2. The Morgan fingerprint density at radius 1 is 1.60 bits per heavy atom. The van der Waals surface area contributed by atoms with Crippen LogP contribution in [-0.2, 0) is 4.79 Å². The number of rotatable bonds is 5. The van der Waals surface area contributed by atoms with Crippen LogP contribution in [0.25, 0.3) is 0 Å². The molecule has 6 heteroatoms. The molecule has 1 saturated heterocycles. The van der Waals surface area contributed by atoms with Crippen LogP contribution >= 0.6 is 11.8 Å². The highest BCUT2D eigenvalue weighted by Gasteiger charge is 2.35. The molecule has 0 aromatic carbocycles. The van der Waals surface area contributed by atoms with E-state index in [1.807, 2.05) is 0 Å². The van der Waals surface area contributed by atoms with Gasteiger partial charge in [0, 0.05) is 25.3 Å². The number of hydrogen-bond acceptors (Lipinski definition) is 4. The third-order valence-corrected chi connectivity index (χ3v) is 5.14. The fourth-order valence-electron chi connectivity index (χ4n) is 3.18. The Hall–Kier alpha value is -0.750. The van der Waals surface area contributed by atoms with Crippen LogP contribution in [0.1, 0.15) is 39.0 Å². The smallest absolute Gasteiger partial charge is 0.281 e. The summed E-state index contributed by atoms with van der Waals surface area (Å²) in [6.07, 6.45) is 4.22. The van der Waals surface area contributed by atoms with E-state index in [4.69, 9.17) is 0 Å². The van der Waals surface area contributed by atoms with Crippen LogP contribution in [0, 0.1) is 5.92 Å². The number of aliphatic hydroxyl groups is 1. The van der Waals surface area contributed by atoms with Crippen molar-refractivity contribution in [1.82, 2.24) is 10.2 Å². The van der Waals surface area contributed by atoms with Gasteiger partial charge in [0.05, 0.1) is 12.1 Å². The number of amides is 2. The zero-order chi connectivity index (χ0) is 14.6. The zero-order valence-corrected chi connectivity index (χ0v) is 12.9. The summed E-state index contributed by atoms with van der Waals surface area (Å²) < 4.78 is 0. The largest absolute Gasteiger partial charge is 0.394 e. The lowest BCUT2D eigenvalue weighted by Gasteiger charge is -2.39. The number of hydrogen-bond donors (Lipinski definition) is 2. The molecule has 1 saturated carbocycles. The van der Waals surface area contributed by atoms with Crippen LogP contribution in [0.3, 0.4) is 0 Å². The molecule has 2 N–H and O–H groups in total. The summed E-state index contributed by atoms with van der Waals surface area (Å²) >= 11 is 1.31. The van der Waals surface area contributed by atoms with Crippen molar-refractivity contribution in [3.05, 3.63) is 0 Å². The maximum Gasteiger partial charge on any atom is 0.281 e. The quantitative estimate of drug-likeness (QED) is 0.809. The van der Waals surface area contributed by atoms with Crippen molar-refractivity contribution in [3.8, 4) is 0 Å². The van der Waals surface area contributed by atoms with E-state index >= 15 is 0 Å². The summed E-state index contributed by atoms with van der Waals surface area (Å²) in [6, 6.07) is 0. The predicted molar refractivity (Wildman–Crippen MR) is 79.6 cm³/mol. The molecule has 1 aliphatic heterocycles. The van der Waals surface area contributed by atoms with Crippen molar-refractivity contribution >= 4 is 22.9 Å². The fraction of sp³-hybridized carbons (Fsp3) is 0.857. The Morgan fingerprint density at radius 2 is 2.40 bits per heavy atom. The monoisotopic (exact) mass is 300 g/mol. The van der Waals surface area contributed by atoms with Gasteiger partial charge in [-0.1, -0.05) is 31.5 Å². The molecule has 0 aromatic heterocycles. The molecule has 114 valence electrons. The summed E-state index contributed by atoms with van der Waals surface area (Å²) in [6.45, 7) is 3.38. The van der Waals surface area contributed by atoms with Crippen molar-refractivity contribution in [1.29, 1.82) is 0 Å². The van der Waals surface area contributed by atoms with E-state index in [9.17, 15) is 14.7 Å². The first kappa shape index (κ1) is 15.6. The molecular weight excluding hydrogens is 276 g/mol. The molecule has 2 unspecified atom stereocenters. The van der Waals surface area contributed by atoms with Gasteiger partial charge in [-0.05, 0) is 18.8 Å². The van der Waals surface area contributed by atoms with Crippen molar-refractivity contribution in [2.24, 2.45) is 5.92 Å². The van der Waals surface area contributed by atoms with Gasteiger partial charge in [-0.3, -0.25) is 9.59 Å². The molecule has 2 fully saturated rings. The number of nitrogens with zero attached hydrogens (tertiary/aromatic N) is 1. The molecule has 2 aliphatic rings. The highest BCUT2D eigenvalue weighted by molar-refractivity contribution is 8.13. The van der Waals surface area contributed by atoms with E-state index in [0.29, 0.717) is 18.9 Å². The van der Waals surface area contributed by atoms with Crippen molar-refractivity contribution < 1.29 is 14.7 Å². The van der Waals surface area contributed by atoms with Crippen LogP contribution in [0.2, 0.25) is 0 Å². The maximum atomic E-state index is 12.1. The third-order valence-electron chi connectivity index (χ3n) is 4.25. The molecule has 0 aromatic rings. The summed E-state index contributed by atoms with van der Waals surface area (Å²) in [5, 5.41) is 12.7. The predicted octanol–water partition coefficient (Wildman–Crippen LogP) is 1.60. The van der Waals surface area contributed by atoms with Crippen molar-refractivity contribution in [2.75, 3.05) is 25.4 Å². The van der Waals surface area contributed by atoms with Crippen molar-refractivity contribution in [3.63, 3.8) is 0 Å². The summed E-state index contributed by atoms with van der Waals surface area (Å²) in [7, 11) is 0. The van der Waals surface area contributed by atoms with E-state index in [2.05, 4.69) is 12.2 Å². The normalized spacial score (nSPS) is 30.6. The summed E-state index contributed by atoms with van der Waals surface area (Å²) in [5.74, 6) is 1.30. The molecule has 0 bridgehead atoms. The van der Waals surface area contributed by atoms with Gasteiger partial charge in [0.1, 0.15) is 0 Å². The molecule has 1 heterocycles. The van der Waals surface area contributed by atoms with Gasteiger partial charge < -0.3 is 15.3 Å². The second-order valence-electron chi connectivity index (χ2n) is 6.04.